The SMILES string of the molecule is CCOC(=O)c1ccc(-c2ccccc2)c2occ(-c3ccc(Br)cc3)c12. The first-order valence-corrected chi connectivity index (χ1v) is 9.51. The molecule has 4 rings (SSSR count). The summed E-state index contributed by atoms with van der Waals surface area (Å²) in [5, 5.41) is 0.775. The van der Waals surface area contributed by atoms with Crippen molar-refractivity contribution in [3.63, 3.8) is 0 Å². The number of carbonyl (C=O) groups excluding carboxylic acids is 1. The summed E-state index contributed by atoms with van der Waals surface area (Å²) in [7, 11) is 0. The maximum absolute atomic E-state index is 12.6. The Hall–Kier alpha value is -2.85. The van der Waals surface area contributed by atoms with Crippen molar-refractivity contribution in [1.29, 1.82) is 0 Å². The molecule has 0 amide bonds. The zero-order valence-corrected chi connectivity index (χ0v) is 16.3. The Morgan fingerprint density at radius 1 is 0.926 bits per heavy atom. The fourth-order valence-electron chi connectivity index (χ4n) is 3.22. The van der Waals surface area contributed by atoms with E-state index in [1.165, 1.54) is 0 Å². The molecule has 134 valence electrons. The van der Waals surface area contributed by atoms with Crippen LogP contribution in [0.4, 0.5) is 0 Å². The third kappa shape index (κ3) is 3.28. The van der Waals surface area contributed by atoms with Gasteiger partial charge in [0.25, 0.3) is 0 Å². The van der Waals surface area contributed by atoms with Crippen LogP contribution in [-0.2, 0) is 4.74 Å². The third-order valence-electron chi connectivity index (χ3n) is 4.46. The van der Waals surface area contributed by atoms with E-state index in [2.05, 4.69) is 15.9 Å². The maximum Gasteiger partial charge on any atom is 0.338 e. The Labute approximate surface area is 165 Å². The van der Waals surface area contributed by atoms with Crippen molar-refractivity contribution < 1.29 is 13.9 Å². The number of halogens is 1. The first-order valence-electron chi connectivity index (χ1n) is 8.71. The number of hydrogen-bond donors (Lipinski definition) is 0. The predicted octanol–water partition coefficient (Wildman–Crippen LogP) is 6.71. The molecule has 0 fully saturated rings. The lowest BCUT2D eigenvalue weighted by Crippen LogP contribution is -2.05. The summed E-state index contributed by atoms with van der Waals surface area (Å²) < 4.78 is 12.2. The molecule has 1 aromatic heterocycles. The van der Waals surface area contributed by atoms with E-state index < -0.39 is 0 Å². The molecule has 0 saturated heterocycles. The standard InChI is InChI=1S/C23H17BrO3/c1-2-26-23(25)19-13-12-18(15-6-4-3-5-7-15)22-21(19)20(14-27-22)16-8-10-17(24)11-9-16/h3-14H,2H2,1H3. The van der Waals surface area contributed by atoms with Crippen LogP contribution in [0.1, 0.15) is 17.3 Å². The minimum Gasteiger partial charge on any atom is -0.463 e. The van der Waals surface area contributed by atoms with Gasteiger partial charge in [0, 0.05) is 21.0 Å². The first-order chi connectivity index (χ1) is 13.2. The van der Waals surface area contributed by atoms with Crippen LogP contribution in [-0.4, -0.2) is 12.6 Å². The molecule has 0 aliphatic carbocycles. The van der Waals surface area contributed by atoms with Crippen LogP contribution in [0.3, 0.4) is 0 Å². The van der Waals surface area contributed by atoms with Gasteiger partial charge in [-0.15, -0.1) is 0 Å². The molecular formula is C23H17BrO3. The van der Waals surface area contributed by atoms with Gasteiger partial charge in [0.2, 0.25) is 0 Å². The summed E-state index contributed by atoms with van der Waals surface area (Å²) in [6, 6.07) is 21.7. The zero-order valence-electron chi connectivity index (χ0n) is 14.7. The quantitative estimate of drug-likeness (QED) is 0.344. The summed E-state index contributed by atoms with van der Waals surface area (Å²) in [6.07, 6.45) is 1.71. The van der Waals surface area contributed by atoms with E-state index in [-0.39, 0.29) is 5.97 Å². The fourth-order valence-corrected chi connectivity index (χ4v) is 3.48. The maximum atomic E-state index is 12.6. The van der Waals surface area contributed by atoms with Gasteiger partial charge in [-0.25, -0.2) is 4.79 Å². The van der Waals surface area contributed by atoms with Crippen molar-refractivity contribution in [1.82, 2.24) is 0 Å². The average molecular weight is 421 g/mol. The molecule has 4 aromatic rings. The highest BCUT2D eigenvalue weighted by molar-refractivity contribution is 9.10. The van der Waals surface area contributed by atoms with Crippen LogP contribution < -0.4 is 0 Å². The highest BCUT2D eigenvalue weighted by Gasteiger charge is 2.21. The molecular weight excluding hydrogens is 404 g/mol. The van der Waals surface area contributed by atoms with Crippen molar-refractivity contribution in [3.8, 4) is 22.3 Å². The van der Waals surface area contributed by atoms with Gasteiger partial charge in [-0.1, -0.05) is 58.4 Å². The van der Waals surface area contributed by atoms with Crippen LogP contribution in [0.5, 0.6) is 0 Å². The molecule has 0 atom stereocenters. The molecule has 27 heavy (non-hydrogen) atoms. The molecule has 0 radical (unpaired) electrons. The lowest BCUT2D eigenvalue weighted by Gasteiger charge is -2.09. The van der Waals surface area contributed by atoms with Gasteiger partial charge >= 0.3 is 5.97 Å². The van der Waals surface area contributed by atoms with Crippen molar-refractivity contribution >= 4 is 32.9 Å². The van der Waals surface area contributed by atoms with Crippen molar-refractivity contribution in [2.24, 2.45) is 0 Å². The normalized spacial score (nSPS) is 10.9. The van der Waals surface area contributed by atoms with Gasteiger partial charge in [-0.2, -0.15) is 0 Å². The Balaban J connectivity index is 1.99. The monoisotopic (exact) mass is 420 g/mol. The molecule has 0 unspecified atom stereocenters. The Bertz CT molecular complexity index is 1100. The van der Waals surface area contributed by atoms with Crippen molar-refractivity contribution in [2.45, 2.75) is 6.92 Å². The molecule has 0 spiro atoms. The van der Waals surface area contributed by atoms with Gasteiger partial charge in [-0.05, 0) is 42.3 Å². The summed E-state index contributed by atoms with van der Waals surface area (Å²) in [5.74, 6) is -0.345. The lowest BCUT2D eigenvalue weighted by atomic mass is 9.96. The molecule has 3 aromatic carbocycles. The fraction of sp³-hybridized carbons (Fsp3) is 0.0870. The molecule has 1 heterocycles. The van der Waals surface area contributed by atoms with Crippen LogP contribution in [0.25, 0.3) is 33.2 Å². The van der Waals surface area contributed by atoms with E-state index in [0.717, 1.165) is 32.1 Å². The second-order valence-corrected chi connectivity index (χ2v) is 7.02. The second-order valence-electron chi connectivity index (χ2n) is 6.11. The van der Waals surface area contributed by atoms with Gasteiger partial charge in [0.1, 0.15) is 5.58 Å². The van der Waals surface area contributed by atoms with Crippen molar-refractivity contribution in [2.75, 3.05) is 6.61 Å². The van der Waals surface area contributed by atoms with E-state index in [4.69, 9.17) is 9.15 Å². The summed E-state index contributed by atoms with van der Waals surface area (Å²) in [5.41, 5.74) is 5.03. The number of esters is 1. The van der Waals surface area contributed by atoms with Crippen LogP contribution in [0, 0.1) is 0 Å². The molecule has 4 heteroatoms. The van der Waals surface area contributed by atoms with E-state index in [0.29, 0.717) is 17.8 Å². The summed E-state index contributed by atoms with van der Waals surface area (Å²) >= 11 is 3.46. The largest absolute Gasteiger partial charge is 0.463 e. The number of fused-ring (bicyclic) bond motifs is 1. The highest BCUT2D eigenvalue weighted by atomic mass is 79.9. The zero-order chi connectivity index (χ0) is 18.8. The molecule has 0 bridgehead atoms. The predicted molar refractivity (Wildman–Crippen MR) is 111 cm³/mol. The number of benzene rings is 3. The Kier molecular flexibility index (Phi) is 4.82. The van der Waals surface area contributed by atoms with E-state index >= 15 is 0 Å². The number of hydrogen-bond acceptors (Lipinski definition) is 3. The van der Waals surface area contributed by atoms with Crippen LogP contribution in [0.2, 0.25) is 0 Å². The van der Waals surface area contributed by atoms with E-state index in [9.17, 15) is 4.79 Å². The van der Waals surface area contributed by atoms with Crippen LogP contribution >= 0.6 is 15.9 Å². The number of rotatable bonds is 4. The minimum atomic E-state index is -0.345. The Morgan fingerprint density at radius 2 is 1.63 bits per heavy atom. The first kappa shape index (κ1) is 17.6. The lowest BCUT2D eigenvalue weighted by molar-refractivity contribution is 0.0528. The molecule has 0 N–H and O–H groups in total. The number of furan rings is 1. The molecule has 0 saturated carbocycles. The van der Waals surface area contributed by atoms with Crippen molar-refractivity contribution in [3.05, 3.63) is 83.0 Å². The van der Waals surface area contributed by atoms with Gasteiger partial charge in [0.05, 0.1) is 18.4 Å². The Morgan fingerprint density at radius 3 is 2.33 bits per heavy atom. The molecule has 0 aliphatic heterocycles. The molecule has 0 aliphatic rings. The minimum absolute atomic E-state index is 0.326. The average Bonchev–Trinajstić information content (AvgIpc) is 3.14. The second kappa shape index (κ2) is 7.41. The van der Waals surface area contributed by atoms with E-state index in [1.807, 2.05) is 66.7 Å². The topological polar surface area (TPSA) is 39.4 Å². The smallest absolute Gasteiger partial charge is 0.338 e. The number of ether oxygens (including phenoxy) is 1. The third-order valence-corrected chi connectivity index (χ3v) is 4.99. The highest BCUT2D eigenvalue weighted by Crippen LogP contribution is 2.39. The number of carbonyl (C=O) groups is 1. The summed E-state index contributed by atoms with van der Waals surface area (Å²) in [6.45, 7) is 2.13. The van der Waals surface area contributed by atoms with Gasteiger partial charge < -0.3 is 9.15 Å². The molecule has 3 nitrogen and oxygen atoms in total. The van der Waals surface area contributed by atoms with E-state index in [1.54, 1.807) is 13.2 Å². The van der Waals surface area contributed by atoms with Crippen LogP contribution in [0.15, 0.2) is 81.9 Å². The van der Waals surface area contributed by atoms with Gasteiger partial charge in [-0.3, -0.25) is 0 Å². The summed E-state index contributed by atoms with van der Waals surface area (Å²) in [4.78, 5) is 12.6. The van der Waals surface area contributed by atoms with Gasteiger partial charge in [0.15, 0.2) is 0 Å².